The Balaban J connectivity index is 0.909. The van der Waals surface area contributed by atoms with Crippen LogP contribution in [0.25, 0.3) is 76.9 Å². The number of para-hydroxylation sites is 2. The Morgan fingerprint density at radius 3 is 1.08 bits per heavy atom. The van der Waals surface area contributed by atoms with Crippen LogP contribution in [-0.4, -0.2) is 9.13 Å². The highest BCUT2D eigenvalue weighted by atomic mass is 15.2. The van der Waals surface area contributed by atoms with E-state index in [2.05, 4.69) is 346 Å². The van der Waals surface area contributed by atoms with Crippen molar-refractivity contribution >= 4 is 88.5 Å². The molecule has 432 valence electrons. The van der Waals surface area contributed by atoms with Gasteiger partial charge in [-0.1, -0.05) is 200 Å². The van der Waals surface area contributed by atoms with E-state index in [1.165, 1.54) is 98.9 Å². The SMILES string of the molecule is CC(C)(C)c1ccc2c(c1)c1cc(C(C)(C)C)ccc1n2-c1cccc(N(c2ccccc2)c2ccc3c(c2)C(C)(C)c2cc(N(c4ccccc4)c4cccc(-n5c6ccc(C(C)(C)C)cc6c6cc(C(C)(C)C)ccc65)c4)c4ccccc4c2-3)c1. The summed E-state index contributed by atoms with van der Waals surface area (Å²) in [5.74, 6) is 0. The third kappa shape index (κ3) is 9.34. The van der Waals surface area contributed by atoms with E-state index < -0.39 is 0 Å². The van der Waals surface area contributed by atoms with Crippen LogP contribution in [0.2, 0.25) is 0 Å². The second-order valence-electron chi connectivity index (χ2n) is 29.2. The summed E-state index contributed by atoms with van der Waals surface area (Å²) in [5, 5.41) is 7.59. The average Bonchev–Trinajstić information content (AvgIpc) is 1.82. The lowest BCUT2D eigenvalue weighted by Gasteiger charge is -2.30. The molecule has 0 fully saturated rings. The van der Waals surface area contributed by atoms with E-state index >= 15 is 0 Å². The first kappa shape index (κ1) is 55.7. The van der Waals surface area contributed by atoms with Crippen molar-refractivity contribution in [3.63, 3.8) is 0 Å². The third-order valence-electron chi connectivity index (χ3n) is 18.9. The van der Waals surface area contributed by atoms with Gasteiger partial charge in [0, 0.05) is 72.2 Å². The highest BCUT2D eigenvalue weighted by Gasteiger charge is 2.39. The fraction of sp³-hybridized carbons (Fsp3) is 0.229. The Morgan fingerprint density at radius 2 is 0.655 bits per heavy atom. The molecule has 0 amide bonds. The summed E-state index contributed by atoms with van der Waals surface area (Å²) in [6.45, 7) is 32.6. The molecule has 0 saturated heterocycles. The first-order valence-electron chi connectivity index (χ1n) is 31.2. The lowest BCUT2D eigenvalue weighted by atomic mass is 9.81. The minimum atomic E-state index is -0.366. The van der Waals surface area contributed by atoms with Crippen molar-refractivity contribution in [3.05, 3.63) is 264 Å². The minimum Gasteiger partial charge on any atom is -0.310 e. The van der Waals surface area contributed by atoms with E-state index in [1.807, 2.05) is 0 Å². The second kappa shape index (κ2) is 20.0. The van der Waals surface area contributed by atoms with Gasteiger partial charge in [0.15, 0.2) is 0 Å². The number of aromatic nitrogens is 2. The van der Waals surface area contributed by atoms with Crippen molar-refractivity contribution in [2.24, 2.45) is 0 Å². The number of nitrogens with zero attached hydrogens (tertiary/aromatic N) is 4. The molecule has 4 heteroatoms. The summed E-state index contributed by atoms with van der Waals surface area (Å²) in [6, 6.07) is 87.5. The average molecular weight is 1130 g/mol. The van der Waals surface area contributed by atoms with Crippen molar-refractivity contribution in [2.75, 3.05) is 9.80 Å². The van der Waals surface area contributed by atoms with Gasteiger partial charge in [-0.15, -0.1) is 0 Å². The molecule has 0 spiro atoms. The number of fused-ring (bicyclic) bond motifs is 11. The maximum Gasteiger partial charge on any atom is 0.0543 e. The van der Waals surface area contributed by atoms with Crippen molar-refractivity contribution in [3.8, 4) is 22.5 Å². The molecule has 11 aromatic carbocycles. The molecule has 14 rings (SSSR count). The number of hydrogen-bond acceptors (Lipinski definition) is 2. The van der Waals surface area contributed by atoms with E-state index in [9.17, 15) is 0 Å². The van der Waals surface area contributed by atoms with Gasteiger partial charge in [0.25, 0.3) is 0 Å². The Hall–Kier alpha value is -9.12. The molecule has 0 aliphatic heterocycles. The molecule has 0 radical (unpaired) electrons. The maximum absolute atomic E-state index is 2.51. The van der Waals surface area contributed by atoms with Crippen LogP contribution in [0.4, 0.5) is 34.1 Å². The summed E-state index contributed by atoms with van der Waals surface area (Å²) in [4.78, 5) is 4.94. The Labute approximate surface area is 515 Å². The number of rotatable bonds is 8. The van der Waals surface area contributed by atoms with Crippen LogP contribution in [0.1, 0.15) is 130 Å². The lowest BCUT2D eigenvalue weighted by molar-refractivity contribution is 0.590. The molecule has 1 aliphatic rings. The first-order chi connectivity index (χ1) is 41.4. The van der Waals surface area contributed by atoms with Gasteiger partial charge < -0.3 is 18.9 Å². The fourth-order valence-corrected chi connectivity index (χ4v) is 13.9. The molecular formula is C83H80N4. The largest absolute Gasteiger partial charge is 0.310 e. The first-order valence-corrected chi connectivity index (χ1v) is 31.2. The van der Waals surface area contributed by atoms with Crippen molar-refractivity contribution in [1.29, 1.82) is 0 Å². The maximum atomic E-state index is 2.51. The highest BCUT2D eigenvalue weighted by molar-refractivity contribution is 6.13. The Morgan fingerprint density at radius 1 is 0.287 bits per heavy atom. The molecule has 0 bridgehead atoms. The number of anilines is 6. The summed E-state index contributed by atoms with van der Waals surface area (Å²) < 4.78 is 4.96. The van der Waals surface area contributed by atoms with Crippen molar-refractivity contribution in [1.82, 2.24) is 9.13 Å². The number of hydrogen-bond donors (Lipinski definition) is 0. The lowest BCUT2D eigenvalue weighted by Crippen LogP contribution is -2.18. The van der Waals surface area contributed by atoms with Crippen LogP contribution in [0.3, 0.4) is 0 Å². The van der Waals surface area contributed by atoms with Crippen LogP contribution < -0.4 is 9.80 Å². The van der Waals surface area contributed by atoms with Gasteiger partial charge in [-0.25, -0.2) is 0 Å². The normalized spacial score (nSPS) is 13.5. The molecule has 87 heavy (non-hydrogen) atoms. The van der Waals surface area contributed by atoms with Gasteiger partial charge in [0.05, 0.1) is 27.8 Å². The highest BCUT2D eigenvalue weighted by Crippen LogP contribution is 2.56. The molecule has 0 atom stereocenters. The van der Waals surface area contributed by atoms with E-state index in [1.54, 1.807) is 0 Å². The van der Waals surface area contributed by atoms with Gasteiger partial charge in [0.2, 0.25) is 0 Å². The Bertz CT molecular complexity index is 4720. The van der Waals surface area contributed by atoms with Crippen LogP contribution in [0.15, 0.2) is 231 Å². The predicted molar refractivity (Wildman–Crippen MR) is 374 cm³/mol. The predicted octanol–water partition coefficient (Wildman–Crippen LogP) is 23.5. The van der Waals surface area contributed by atoms with E-state index in [4.69, 9.17) is 0 Å². The van der Waals surface area contributed by atoms with Gasteiger partial charge in [-0.3, -0.25) is 0 Å². The topological polar surface area (TPSA) is 16.3 Å². The summed E-state index contributed by atoms with van der Waals surface area (Å²) in [7, 11) is 0. The molecule has 4 nitrogen and oxygen atoms in total. The summed E-state index contributed by atoms with van der Waals surface area (Å²) in [6.07, 6.45) is 0. The summed E-state index contributed by atoms with van der Waals surface area (Å²) in [5.41, 5.74) is 24.0. The molecular weight excluding hydrogens is 1050 g/mol. The molecule has 0 saturated carbocycles. The van der Waals surface area contributed by atoms with E-state index in [0.29, 0.717) is 0 Å². The van der Waals surface area contributed by atoms with Crippen LogP contribution in [0, 0.1) is 0 Å². The molecule has 13 aromatic rings. The molecule has 1 aliphatic carbocycles. The zero-order valence-electron chi connectivity index (χ0n) is 53.2. The number of benzene rings is 11. The van der Waals surface area contributed by atoms with E-state index in [-0.39, 0.29) is 27.1 Å². The third-order valence-corrected chi connectivity index (χ3v) is 18.9. The van der Waals surface area contributed by atoms with Crippen molar-refractivity contribution in [2.45, 2.75) is 124 Å². The van der Waals surface area contributed by atoms with Gasteiger partial charge >= 0.3 is 0 Å². The molecule has 0 unspecified atom stereocenters. The van der Waals surface area contributed by atoms with E-state index in [0.717, 1.165) is 45.5 Å². The smallest absolute Gasteiger partial charge is 0.0543 e. The monoisotopic (exact) mass is 1130 g/mol. The summed E-state index contributed by atoms with van der Waals surface area (Å²) >= 11 is 0. The minimum absolute atomic E-state index is 0.0115. The van der Waals surface area contributed by atoms with Crippen molar-refractivity contribution < 1.29 is 0 Å². The Kier molecular flexibility index (Phi) is 12.8. The van der Waals surface area contributed by atoms with Crippen LogP contribution in [-0.2, 0) is 27.1 Å². The van der Waals surface area contributed by atoms with Gasteiger partial charge in [0.1, 0.15) is 0 Å². The quantitative estimate of drug-likeness (QED) is 0.151. The fourth-order valence-electron chi connectivity index (χ4n) is 13.9. The zero-order valence-corrected chi connectivity index (χ0v) is 53.2. The van der Waals surface area contributed by atoms with Crippen LogP contribution in [0.5, 0.6) is 0 Å². The van der Waals surface area contributed by atoms with Gasteiger partial charge in [-0.05, 0) is 199 Å². The molecule has 0 N–H and O–H groups in total. The van der Waals surface area contributed by atoms with Crippen LogP contribution >= 0.6 is 0 Å². The zero-order chi connectivity index (χ0) is 60.7. The molecule has 2 heterocycles. The van der Waals surface area contributed by atoms with Gasteiger partial charge in [-0.2, -0.15) is 0 Å². The standard InChI is InChI=1S/C83H80N4/c1-79(2,3)53-35-41-73-67(45-53)68-46-54(80(4,5)6)36-42-74(68)86(73)61-31-23-29-59(49-61)84(57-25-17-15-18-26-57)63-39-40-66-71(51-63)83(13,14)72-52-77(64-33-21-22-34-65(64)78(66)72)85(58-27-19-16-20-28-58)60-30-24-32-62(50-60)87-75-43-37-55(81(7,8)9)47-69(75)70-48-56(82(10,11)12)38-44-76(70)87/h15-52H,1-14H3. The second-order valence-corrected chi connectivity index (χ2v) is 29.2. The molecule has 2 aromatic heterocycles.